The van der Waals surface area contributed by atoms with Crippen molar-refractivity contribution in [2.24, 2.45) is 11.8 Å². The van der Waals surface area contributed by atoms with Crippen molar-refractivity contribution in [3.8, 4) is 0 Å². The summed E-state index contributed by atoms with van der Waals surface area (Å²) in [6.07, 6.45) is 20.3. The smallest absolute Gasteiger partial charge is 0.0466 e. The Hall–Kier alpha value is -0.0400. The van der Waals surface area contributed by atoms with Crippen molar-refractivity contribution in [3.05, 3.63) is 0 Å². The van der Waals surface area contributed by atoms with Crippen LogP contribution in [0.5, 0.6) is 0 Å². The van der Waals surface area contributed by atoms with Gasteiger partial charge < -0.3 is 4.74 Å². The lowest BCUT2D eigenvalue weighted by Gasteiger charge is -2.22. The first-order valence-electron chi connectivity index (χ1n) is 9.03. The first-order chi connectivity index (χ1) is 9.45. The van der Waals surface area contributed by atoms with Crippen LogP contribution < -0.4 is 0 Å². The molecule has 0 unspecified atom stereocenters. The van der Waals surface area contributed by atoms with Crippen LogP contribution in [0.2, 0.25) is 0 Å². The predicted molar refractivity (Wildman–Crippen MR) is 82.4 cm³/mol. The van der Waals surface area contributed by atoms with E-state index in [1.165, 1.54) is 89.9 Å². The van der Waals surface area contributed by atoms with Crippen molar-refractivity contribution in [3.63, 3.8) is 0 Å². The molecular formula is C18H34O. The van der Waals surface area contributed by atoms with Crippen molar-refractivity contribution in [1.29, 1.82) is 0 Å². The molecule has 0 N–H and O–H groups in total. The molecule has 2 aliphatic carbocycles. The minimum Gasteiger partial charge on any atom is -0.381 e. The van der Waals surface area contributed by atoms with Crippen molar-refractivity contribution < 1.29 is 4.74 Å². The fourth-order valence-electron chi connectivity index (χ4n) is 4.00. The van der Waals surface area contributed by atoms with E-state index >= 15 is 0 Å². The van der Waals surface area contributed by atoms with E-state index in [1.54, 1.807) is 0 Å². The molecular weight excluding hydrogens is 232 g/mol. The Balaban J connectivity index is 1.35. The summed E-state index contributed by atoms with van der Waals surface area (Å²) in [6, 6.07) is 0. The van der Waals surface area contributed by atoms with E-state index in [0.29, 0.717) is 0 Å². The molecule has 112 valence electrons. The van der Waals surface area contributed by atoms with E-state index in [-0.39, 0.29) is 0 Å². The fourth-order valence-corrected chi connectivity index (χ4v) is 4.00. The van der Waals surface area contributed by atoms with Gasteiger partial charge in [-0.3, -0.25) is 0 Å². The second-order valence-electron chi connectivity index (χ2n) is 6.90. The van der Waals surface area contributed by atoms with Gasteiger partial charge in [-0.2, -0.15) is 0 Å². The normalized spacial score (nSPS) is 22.7. The van der Waals surface area contributed by atoms with Gasteiger partial charge in [-0.1, -0.05) is 64.2 Å². The van der Waals surface area contributed by atoms with E-state index in [9.17, 15) is 0 Å². The molecule has 1 heteroatoms. The Morgan fingerprint density at radius 2 is 1.00 bits per heavy atom. The molecule has 0 bridgehead atoms. The summed E-state index contributed by atoms with van der Waals surface area (Å²) >= 11 is 0. The zero-order valence-electron chi connectivity index (χ0n) is 12.9. The van der Waals surface area contributed by atoms with Crippen LogP contribution in [-0.4, -0.2) is 13.2 Å². The second kappa shape index (κ2) is 9.80. The van der Waals surface area contributed by atoms with Gasteiger partial charge in [0, 0.05) is 13.2 Å². The van der Waals surface area contributed by atoms with Gasteiger partial charge in [0.05, 0.1) is 0 Å². The maximum atomic E-state index is 5.82. The SMILES string of the molecule is C1CCC(CCCOCCCC2CCCCC2)CC1. The topological polar surface area (TPSA) is 9.23 Å². The molecule has 0 aliphatic heterocycles. The third kappa shape index (κ3) is 6.79. The molecule has 2 aliphatic rings. The molecule has 0 heterocycles. The fraction of sp³-hybridized carbons (Fsp3) is 1.00. The first-order valence-corrected chi connectivity index (χ1v) is 9.03. The average molecular weight is 266 g/mol. The second-order valence-corrected chi connectivity index (χ2v) is 6.90. The highest BCUT2D eigenvalue weighted by atomic mass is 16.5. The van der Waals surface area contributed by atoms with Gasteiger partial charge in [-0.05, 0) is 37.5 Å². The van der Waals surface area contributed by atoms with Crippen LogP contribution in [0.1, 0.15) is 89.9 Å². The Bertz CT molecular complexity index is 180. The minimum atomic E-state index is 1.02. The number of ether oxygens (including phenoxy) is 1. The van der Waals surface area contributed by atoms with Crippen LogP contribution in [-0.2, 0) is 4.74 Å². The average Bonchev–Trinajstić information content (AvgIpc) is 2.48. The van der Waals surface area contributed by atoms with Crippen LogP contribution in [0, 0.1) is 11.8 Å². The van der Waals surface area contributed by atoms with Gasteiger partial charge in [0.15, 0.2) is 0 Å². The molecule has 2 fully saturated rings. The molecule has 2 saturated carbocycles. The summed E-state index contributed by atoms with van der Waals surface area (Å²) in [7, 11) is 0. The van der Waals surface area contributed by atoms with Gasteiger partial charge in [0.25, 0.3) is 0 Å². The summed E-state index contributed by atoms with van der Waals surface area (Å²) < 4.78 is 5.82. The van der Waals surface area contributed by atoms with Gasteiger partial charge in [0.1, 0.15) is 0 Å². The standard InChI is InChI=1S/C18H34O/c1-3-9-17(10-4-1)13-7-15-19-16-8-14-18-11-5-2-6-12-18/h17-18H,1-16H2. The summed E-state index contributed by atoms with van der Waals surface area (Å²) in [5, 5.41) is 0. The quantitative estimate of drug-likeness (QED) is 0.510. The molecule has 0 aromatic carbocycles. The first kappa shape index (κ1) is 15.4. The van der Waals surface area contributed by atoms with Crippen molar-refractivity contribution in [2.75, 3.05) is 13.2 Å². The lowest BCUT2D eigenvalue weighted by atomic mass is 9.86. The highest BCUT2D eigenvalue weighted by Gasteiger charge is 2.13. The number of hydrogen-bond acceptors (Lipinski definition) is 1. The van der Waals surface area contributed by atoms with E-state index in [4.69, 9.17) is 4.74 Å². The predicted octanol–water partition coefficient (Wildman–Crippen LogP) is 5.72. The molecule has 0 spiro atoms. The molecule has 0 atom stereocenters. The zero-order valence-corrected chi connectivity index (χ0v) is 12.9. The molecule has 0 amide bonds. The van der Waals surface area contributed by atoms with Gasteiger partial charge in [-0.15, -0.1) is 0 Å². The van der Waals surface area contributed by atoms with Gasteiger partial charge in [-0.25, -0.2) is 0 Å². The van der Waals surface area contributed by atoms with Crippen LogP contribution in [0.4, 0.5) is 0 Å². The Kier molecular flexibility index (Phi) is 7.92. The summed E-state index contributed by atoms with van der Waals surface area (Å²) in [6.45, 7) is 2.03. The highest BCUT2D eigenvalue weighted by Crippen LogP contribution is 2.28. The van der Waals surface area contributed by atoms with Crippen LogP contribution in [0.25, 0.3) is 0 Å². The third-order valence-corrected chi connectivity index (χ3v) is 5.25. The van der Waals surface area contributed by atoms with E-state index in [0.717, 1.165) is 25.0 Å². The highest BCUT2D eigenvalue weighted by molar-refractivity contribution is 4.66. The summed E-state index contributed by atoms with van der Waals surface area (Å²) in [4.78, 5) is 0. The summed E-state index contributed by atoms with van der Waals surface area (Å²) in [5.74, 6) is 2.05. The lowest BCUT2D eigenvalue weighted by molar-refractivity contribution is 0.116. The van der Waals surface area contributed by atoms with Crippen LogP contribution in [0.15, 0.2) is 0 Å². The van der Waals surface area contributed by atoms with Crippen molar-refractivity contribution >= 4 is 0 Å². The lowest BCUT2D eigenvalue weighted by Crippen LogP contribution is -2.09. The largest absolute Gasteiger partial charge is 0.381 e. The number of hydrogen-bond donors (Lipinski definition) is 0. The van der Waals surface area contributed by atoms with E-state index < -0.39 is 0 Å². The Morgan fingerprint density at radius 3 is 1.42 bits per heavy atom. The Labute approximate surface area is 120 Å². The van der Waals surface area contributed by atoms with Crippen LogP contribution in [0.3, 0.4) is 0 Å². The van der Waals surface area contributed by atoms with E-state index in [2.05, 4.69) is 0 Å². The molecule has 1 nitrogen and oxygen atoms in total. The molecule has 0 aromatic heterocycles. The maximum Gasteiger partial charge on any atom is 0.0466 e. The summed E-state index contributed by atoms with van der Waals surface area (Å²) in [5.41, 5.74) is 0. The Morgan fingerprint density at radius 1 is 0.579 bits per heavy atom. The minimum absolute atomic E-state index is 1.02. The maximum absolute atomic E-state index is 5.82. The molecule has 0 aromatic rings. The monoisotopic (exact) mass is 266 g/mol. The molecule has 0 saturated heterocycles. The van der Waals surface area contributed by atoms with E-state index in [1.807, 2.05) is 0 Å². The molecule has 19 heavy (non-hydrogen) atoms. The van der Waals surface area contributed by atoms with Crippen LogP contribution >= 0.6 is 0 Å². The third-order valence-electron chi connectivity index (χ3n) is 5.25. The van der Waals surface area contributed by atoms with Crippen molar-refractivity contribution in [1.82, 2.24) is 0 Å². The zero-order chi connectivity index (χ0) is 13.2. The van der Waals surface area contributed by atoms with Crippen molar-refractivity contribution in [2.45, 2.75) is 89.9 Å². The van der Waals surface area contributed by atoms with Gasteiger partial charge >= 0.3 is 0 Å². The molecule has 2 rings (SSSR count). The molecule has 0 radical (unpaired) electrons. The number of rotatable bonds is 8. The van der Waals surface area contributed by atoms with Gasteiger partial charge in [0.2, 0.25) is 0 Å².